The van der Waals surface area contributed by atoms with E-state index in [4.69, 9.17) is 5.73 Å². The van der Waals surface area contributed by atoms with Crippen LogP contribution in [0.15, 0.2) is 24.3 Å². The fourth-order valence-corrected chi connectivity index (χ4v) is 2.76. The number of nitrogen functional groups attached to an aromatic ring is 1. The highest BCUT2D eigenvalue weighted by atomic mass is 15.1. The number of nitrogens with zero attached hydrogens (tertiary/aromatic N) is 1. The zero-order valence-electron chi connectivity index (χ0n) is 14.1. The van der Waals surface area contributed by atoms with Crippen molar-refractivity contribution in [3.63, 3.8) is 0 Å². The molecule has 0 saturated carbocycles. The Morgan fingerprint density at radius 3 is 2.00 bits per heavy atom. The predicted octanol–water partition coefficient (Wildman–Crippen LogP) is 5.23. The van der Waals surface area contributed by atoms with E-state index in [2.05, 4.69) is 30.9 Å². The van der Waals surface area contributed by atoms with Gasteiger partial charge >= 0.3 is 0 Å². The van der Waals surface area contributed by atoms with Crippen molar-refractivity contribution in [2.24, 2.45) is 0 Å². The summed E-state index contributed by atoms with van der Waals surface area (Å²) in [5, 5.41) is 0. The second-order valence-electron chi connectivity index (χ2n) is 6.14. The fraction of sp³-hybridized carbons (Fsp3) is 0.684. The fourth-order valence-electron chi connectivity index (χ4n) is 2.76. The number of anilines is 1. The maximum absolute atomic E-state index is 5.75. The highest BCUT2D eigenvalue weighted by Gasteiger charge is 2.05. The van der Waals surface area contributed by atoms with E-state index in [9.17, 15) is 0 Å². The molecule has 0 bridgehead atoms. The zero-order chi connectivity index (χ0) is 15.3. The van der Waals surface area contributed by atoms with Crippen LogP contribution in [0.25, 0.3) is 0 Å². The van der Waals surface area contributed by atoms with Gasteiger partial charge in [-0.3, -0.25) is 4.90 Å². The van der Waals surface area contributed by atoms with E-state index >= 15 is 0 Å². The molecule has 0 aliphatic rings. The van der Waals surface area contributed by atoms with Gasteiger partial charge < -0.3 is 5.73 Å². The van der Waals surface area contributed by atoms with Crippen LogP contribution in [-0.4, -0.2) is 18.0 Å². The lowest BCUT2D eigenvalue weighted by Gasteiger charge is -2.21. The van der Waals surface area contributed by atoms with Gasteiger partial charge in [0.05, 0.1) is 0 Å². The Balaban J connectivity index is 2.21. The smallest absolute Gasteiger partial charge is 0.0314 e. The molecule has 0 amide bonds. The van der Waals surface area contributed by atoms with E-state index < -0.39 is 0 Å². The van der Waals surface area contributed by atoms with Crippen molar-refractivity contribution in [3.8, 4) is 0 Å². The first kappa shape index (κ1) is 18.0. The van der Waals surface area contributed by atoms with E-state index in [1.165, 1.54) is 70.0 Å². The summed E-state index contributed by atoms with van der Waals surface area (Å²) >= 11 is 0. The van der Waals surface area contributed by atoms with Crippen LogP contribution in [0.3, 0.4) is 0 Å². The number of hydrogen-bond donors (Lipinski definition) is 1. The number of nitrogens with two attached hydrogens (primary N) is 1. The molecule has 0 heterocycles. The minimum atomic E-state index is 0.855. The summed E-state index contributed by atoms with van der Waals surface area (Å²) in [6.45, 7) is 8.02. The van der Waals surface area contributed by atoms with Gasteiger partial charge in [0.2, 0.25) is 0 Å². The molecule has 0 unspecified atom stereocenters. The highest BCUT2D eigenvalue weighted by Crippen LogP contribution is 2.11. The Morgan fingerprint density at radius 1 is 0.762 bits per heavy atom. The van der Waals surface area contributed by atoms with Crippen molar-refractivity contribution in [1.82, 2.24) is 4.90 Å². The minimum Gasteiger partial charge on any atom is -0.399 e. The van der Waals surface area contributed by atoms with Gasteiger partial charge in [0, 0.05) is 12.2 Å². The summed E-state index contributed by atoms with van der Waals surface area (Å²) in [5.41, 5.74) is 7.98. The van der Waals surface area contributed by atoms with Gasteiger partial charge in [-0.05, 0) is 43.6 Å². The molecule has 0 radical (unpaired) electrons. The van der Waals surface area contributed by atoms with E-state index in [1.807, 2.05) is 12.1 Å². The Kier molecular flexibility index (Phi) is 9.98. The molecule has 2 nitrogen and oxygen atoms in total. The van der Waals surface area contributed by atoms with Gasteiger partial charge in [0.1, 0.15) is 0 Å². The van der Waals surface area contributed by atoms with Gasteiger partial charge in [0.25, 0.3) is 0 Å². The van der Waals surface area contributed by atoms with Gasteiger partial charge in [0.15, 0.2) is 0 Å². The van der Waals surface area contributed by atoms with Crippen LogP contribution in [0.5, 0.6) is 0 Å². The Labute approximate surface area is 131 Å². The van der Waals surface area contributed by atoms with E-state index in [1.54, 1.807) is 0 Å². The first-order chi connectivity index (χ1) is 10.3. The first-order valence-electron chi connectivity index (χ1n) is 8.83. The molecule has 0 fully saturated rings. The van der Waals surface area contributed by atoms with Crippen molar-refractivity contribution in [2.75, 3.05) is 18.8 Å². The maximum Gasteiger partial charge on any atom is 0.0314 e. The summed E-state index contributed by atoms with van der Waals surface area (Å²) in [4.78, 5) is 2.58. The lowest BCUT2D eigenvalue weighted by Crippen LogP contribution is -2.25. The minimum absolute atomic E-state index is 0.855. The molecule has 0 aromatic heterocycles. The van der Waals surface area contributed by atoms with Gasteiger partial charge in [-0.15, -0.1) is 0 Å². The van der Waals surface area contributed by atoms with Crippen LogP contribution in [-0.2, 0) is 6.54 Å². The van der Waals surface area contributed by atoms with Gasteiger partial charge in [-0.25, -0.2) is 0 Å². The molecule has 2 N–H and O–H groups in total. The topological polar surface area (TPSA) is 29.3 Å². The van der Waals surface area contributed by atoms with E-state index in [0.717, 1.165) is 12.2 Å². The molecule has 1 aromatic rings. The van der Waals surface area contributed by atoms with E-state index in [0.29, 0.717) is 0 Å². The second-order valence-corrected chi connectivity index (χ2v) is 6.14. The monoisotopic (exact) mass is 290 g/mol. The Bertz CT molecular complexity index is 345. The first-order valence-corrected chi connectivity index (χ1v) is 8.83. The third kappa shape index (κ3) is 8.77. The molecule has 0 atom stereocenters. The Hall–Kier alpha value is -1.02. The van der Waals surface area contributed by atoms with E-state index in [-0.39, 0.29) is 0 Å². The van der Waals surface area contributed by atoms with Gasteiger partial charge in [-0.2, -0.15) is 0 Å². The maximum atomic E-state index is 5.75. The van der Waals surface area contributed by atoms with Crippen molar-refractivity contribution in [1.29, 1.82) is 0 Å². The summed E-state index contributed by atoms with van der Waals surface area (Å²) in [7, 11) is 0. The molecule has 0 aliphatic carbocycles. The lowest BCUT2D eigenvalue weighted by atomic mass is 10.1. The molecule has 0 spiro atoms. The molecular formula is C19H34N2. The predicted molar refractivity (Wildman–Crippen MR) is 94.4 cm³/mol. The summed E-state index contributed by atoms with van der Waals surface area (Å²) in [6, 6.07) is 8.33. The number of unbranched alkanes of at least 4 members (excludes halogenated alkanes) is 6. The lowest BCUT2D eigenvalue weighted by molar-refractivity contribution is 0.259. The average Bonchev–Trinajstić information content (AvgIpc) is 2.49. The Morgan fingerprint density at radius 2 is 1.38 bits per heavy atom. The largest absolute Gasteiger partial charge is 0.399 e. The quantitative estimate of drug-likeness (QED) is 0.422. The molecule has 0 aliphatic heterocycles. The van der Waals surface area contributed by atoms with Crippen molar-refractivity contribution < 1.29 is 0 Å². The van der Waals surface area contributed by atoms with Gasteiger partial charge in [-0.1, -0.05) is 64.5 Å². The summed E-state index contributed by atoms with van der Waals surface area (Å²) in [6.07, 6.45) is 10.9. The molecule has 1 aromatic carbocycles. The standard InChI is InChI=1S/C19H34N2/c1-3-5-6-7-8-9-10-16-21(15-4-2)17-18-11-13-19(20)14-12-18/h11-14H,3-10,15-17,20H2,1-2H3. The van der Waals surface area contributed by atoms with Crippen LogP contribution in [0.2, 0.25) is 0 Å². The number of hydrogen-bond acceptors (Lipinski definition) is 2. The average molecular weight is 290 g/mol. The SMILES string of the molecule is CCCCCCCCCN(CCC)Cc1ccc(N)cc1. The summed E-state index contributed by atoms with van der Waals surface area (Å²) in [5.74, 6) is 0. The number of rotatable bonds is 12. The molecule has 21 heavy (non-hydrogen) atoms. The molecule has 120 valence electrons. The molecular weight excluding hydrogens is 256 g/mol. The highest BCUT2D eigenvalue weighted by molar-refractivity contribution is 5.39. The van der Waals surface area contributed by atoms with Crippen LogP contribution in [0, 0.1) is 0 Å². The number of benzene rings is 1. The van der Waals surface area contributed by atoms with Crippen LogP contribution in [0.1, 0.15) is 70.8 Å². The second kappa shape index (κ2) is 11.6. The third-order valence-electron chi connectivity index (χ3n) is 4.00. The summed E-state index contributed by atoms with van der Waals surface area (Å²) < 4.78 is 0. The van der Waals surface area contributed by atoms with Crippen molar-refractivity contribution in [3.05, 3.63) is 29.8 Å². The molecule has 0 saturated heterocycles. The third-order valence-corrected chi connectivity index (χ3v) is 4.00. The molecule has 2 heteroatoms. The molecule has 1 rings (SSSR count). The van der Waals surface area contributed by atoms with Crippen LogP contribution >= 0.6 is 0 Å². The van der Waals surface area contributed by atoms with Crippen molar-refractivity contribution in [2.45, 2.75) is 71.8 Å². The van der Waals surface area contributed by atoms with Crippen LogP contribution in [0.4, 0.5) is 5.69 Å². The zero-order valence-corrected chi connectivity index (χ0v) is 14.1. The normalized spacial score (nSPS) is 11.2. The van der Waals surface area contributed by atoms with Crippen LogP contribution < -0.4 is 5.73 Å². The van der Waals surface area contributed by atoms with Crippen molar-refractivity contribution >= 4 is 5.69 Å².